The highest BCUT2D eigenvalue weighted by atomic mass is 16.7. The molecule has 0 amide bonds. The van der Waals surface area contributed by atoms with E-state index in [1.807, 2.05) is 60.7 Å². The Kier molecular flexibility index (Phi) is 5.42. The Morgan fingerprint density at radius 1 is 0.897 bits per heavy atom. The zero-order chi connectivity index (χ0) is 20.1. The number of oxime groups is 1. The summed E-state index contributed by atoms with van der Waals surface area (Å²) < 4.78 is 10.9. The van der Waals surface area contributed by atoms with E-state index in [2.05, 4.69) is 5.16 Å². The molecule has 0 aromatic heterocycles. The molecule has 0 spiro atoms. The SMILES string of the molecule is O=C(O)Cc1ccc(CO/N=C(\c2ccccc2)c2ccc3c(c2)OCO3)cc1. The van der Waals surface area contributed by atoms with Crippen molar-refractivity contribution >= 4 is 11.7 Å². The molecular weight excluding hydrogens is 370 g/mol. The molecule has 6 nitrogen and oxygen atoms in total. The minimum atomic E-state index is -0.852. The quantitative estimate of drug-likeness (QED) is 0.488. The van der Waals surface area contributed by atoms with Gasteiger partial charge in [-0.15, -0.1) is 0 Å². The molecule has 0 fully saturated rings. The smallest absolute Gasteiger partial charge is 0.307 e. The maximum atomic E-state index is 10.8. The van der Waals surface area contributed by atoms with Crippen LogP contribution in [0.15, 0.2) is 78.0 Å². The number of carboxylic acid groups (broad SMARTS) is 1. The molecule has 1 aliphatic heterocycles. The summed E-state index contributed by atoms with van der Waals surface area (Å²) in [6.45, 7) is 0.485. The van der Waals surface area contributed by atoms with Crippen molar-refractivity contribution in [3.8, 4) is 11.5 Å². The summed E-state index contributed by atoms with van der Waals surface area (Å²) in [5.41, 5.74) is 4.11. The van der Waals surface area contributed by atoms with Crippen LogP contribution >= 0.6 is 0 Å². The number of carbonyl (C=O) groups is 1. The standard InChI is InChI=1S/C23H19NO5/c25-22(26)12-16-6-8-17(9-7-16)14-29-24-23(18-4-2-1-3-5-18)19-10-11-20-21(13-19)28-15-27-20/h1-11,13H,12,14-15H2,(H,25,26)/b24-23+. The van der Waals surface area contributed by atoms with Gasteiger partial charge in [0.1, 0.15) is 12.3 Å². The van der Waals surface area contributed by atoms with Crippen LogP contribution < -0.4 is 9.47 Å². The lowest BCUT2D eigenvalue weighted by atomic mass is 10.0. The Hall–Kier alpha value is -3.80. The third-order valence-electron chi connectivity index (χ3n) is 4.46. The van der Waals surface area contributed by atoms with Gasteiger partial charge in [-0.1, -0.05) is 59.8 Å². The highest BCUT2D eigenvalue weighted by Crippen LogP contribution is 2.33. The Morgan fingerprint density at radius 2 is 1.62 bits per heavy atom. The summed E-state index contributed by atoms with van der Waals surface area (Å²) >= 11 is 0. The van der Waals surface area contributed by atoms with Gasteiger partial charge in [0, 0.05) is 11.1 Å². The topological polar surface area (TPSA) is 77.4 Å². The molecule has 1 N–H and O–H groups in total. The molecule has 29 heavy (non-hydrogen) atoms. The van der Waals surface area contributed by atoms with Gasteiger partial charge in [-0.2, -0.15) is 0 Å². The first-order chi connectivity index (χ1) is 14.2. The largest absolute Gasteiger partial charge is 0.481 e. The number of hydrogen-bond acceptors (Lipinski definition) is 5. The summed E-state index contributed by atoms with van der Waals surface area (Å²) in [7, 11) is 0. The fraction of sp³-hybridized carbons (Fsp3) is 0.130. The van der Waals surface area contributed by atoms with Crippen LogP contribution in [0.3, 0.4) is 0 Å². The molecule has 0 radical (unpaired) electrons. The van der Waals surface area contributed by atoms with Gasteiger partial charge in [0.15, 0.2) is 11.5 Å². The molecule has 3 aromatic carbocycles. The summed E-state index contributed by atoms with van der Waals surface area (Å²) in [6.07, 6.45) is 0.00155. The number of hydrogen-bond donors (Lipinski definition) is 1. The minimum absolute atomic E-state index is 0.00155. The normalized spacial score (nSPS) is 12.6. The number of aliphatic carboxylic acids is 1. The Balaban J connectivity index is 1.54. The molecule has 1 heterocycles. The molecule has 0 saturated heterocycles. The van der Waals surface area contributed by atoms with Crippen LogP contribution in [0.1, 0.15) is 22.3 Å². The van der Waals surface area contributed by atoms with E-state index in [9.17, 15) is 4.79 Å². The van der Waals surface area contributed by atoms with E-state index in [-0.39, 0.29) is 19.8 Å². The van der Waals surface area contributed by atoms with Crippen molar-refractivity contribution in [2.75, 3.05) is 6.79 Å². The molecule has 1 aliphatic rings. The third-order valence-corrected chi connectivity index (χ3v) is 4.46. The summed E-state index contributed by atoms with van der Waals surface area (Å²) in [4.78, 5) is 16.4. The van der Waals surface area contributed by atoms with Crippen molar-refractivity contribution in [3.63, 3.8) is 0 Å². The molecule has 4 rings (SSSR count). The van der Waals surface area contributed by atoms with E-state index in [1.165, 1.54) is 0 Å². The van der Waals surface area contributed by atoms with Crippen molar-refractivity contribution in [1.29, 1.82) is 0 Å². The third kappa shape index (κ3) is 4.55. The van der Waals surface area contributed by atoms with Crippen molar-refractivity contribution in [1.82, 2.24) is 0 Å². The Bertz CT molecular complexity index is 1030. The number of fused-ring (bicyclic) bond motifs is 1. The van der Waals surface area contributed by atoms with Crippen molar-refractivity contribution < 1.29 is 24.2 Å². The summed E-state index contributed by atoms with van der Waals surface area (Å²) in [5.74, 6) is 0.540. The molecule has 6 heteroatoms. The van der Waals surface area contributed by atoms with Crippen molar-refractivity contribution in [2.24, 2.45) is 5.16 Å². The first-order valence-electron chi connectivity index (χ1n) is 9.14. The number of rotatable bonds is 7. The second-order valence-electron chi connectivity index (χ2n) is 6.53. The number of benzene rings is 3. The van der Waals surface area contributed by atoms with E-state index < -0.39 is 5.97 Å². The first-order valence-corrected chi connectivity index (χ1v) is 9.14. The van der Waals surface area contributed by atoms with Gasteiger partial charge in [-0.05, 0) is 29.3 Å². The average Bonchev–Trinajstić information content (AvgIpc) is 3.20. The monoisotopic (exact) mass is 389 g/mol. The van der Waals surface area contributed by atoms with E-state index >= 15 is 0 Å². The maximum Gasteiger partial charge on any atom is 0.307 e. The molecule has 146 valence electrons. The summed E-state index contributed by atoms with van der Waals surface area (Å²) in [5, 5.41) is 13.2. The molecule has 0 saturated carbocycles. The zero-order valence-corrected chi connectivity index (χ0v) is 15.6. The minimum Gasteiger partial charge on any atom is -0.481 e. The van der Waals surface area contributed by atoms with Gasteiger partial charge in [0.25, 0.3) is 0 Å². The highest BCUT2D eigenvalue weighted by molar-refractivity contribution is 6.12. The fourth-order valence-electron chi connectivity index (χ4n) is 3.01. The Morgan fingerprint density at radius 3 is 2.38 bits per heavy atom. The van der Waals surface area contributed by atoms with E-state index in [4.69, 9.17) is 19.4 Å². The Labute approximate surface area is 168 Å². The van der Waals surface area contributed by atoms with Crippen LogP contribution in [-0.2, 0) is 22.7 Å². The van der Waals surface area contributed by atoms with Crippen LogP contribution in [0.2, 0.25) is 0 Å². The molecule has 0 atom stereocenters. The predicted molar refractivity (Wildman–Crippen MR) is 107 cm³/mol. The van der Waals surface area contributed by atoms with Crippen LogP contribution in [0.5, 0.6) is 11.5 Å². The van der Waals surface area contributed by atoms with E-state index in [1.54, 1.807) is 12.1 Å². The number of carboxylic acids is 1. The van der Waals surface area contributed by atoms with E-state index in [0.717, 1.165) is 22.3 Å². The zero-order valence-electron chi connectivity index (χ0n) is 15.6. The lowest BCUT2D eigenvalue weighted by molar-refractivity contribution is -0.136. The summed E-state index contributed by atoms with van der Waals surface area (Å²) in [6, 6.07) is 22.7. The van der Waals surface area contributed by atoms with Gasteiger partial charge in [0.05, 0.1) is 6.42 Å². The fourth-order valence-corrected chi connectivity index (χ4v) is 3.01. The second-order valence-corrected chi connectivity index (χ2v) is 6.53. The molecule has 0 bridgehead atoms. The highest BCUT2D eigenvalue weighted by Gasteiger charge is 2.16. The molecule has 0 unspecified atom stereocenters. The van der Waals surface area contributed by atoms with Gasteiger partial charge in [-0.25, -0.2) is 0 Å². The van der Waals surface area contributed by atoms with Crippen LogP contribution in [-0.4, -0.2) is 23.6 Å². The van der Waals surface area contributed by atoms with Gasteiger partial charge < -0.3 is 19.4 Å². The molecular formula is C23H19NO5. The van der Waals surface area contributed by atoms with Gasteiger partial charge in [0.2, 0.25) is 6.79 Å². The average molecular weight is 389 g/mol. The van der Waals surface area contributed by atoms with Crippen molar-refractivity contribution in [2.45, 2.75) is 13.0 Å². The first kappa shape index (κ1) is 18.6. The van der Waals surface area contributed by atoms with Crippen LogP contribution in [0.25, 0.3) is 0 Å². The molecule has 3 aromatic rings. The van der Waals surface area contributed by atoms with Crippen LogP contribution in [0, 0.1) is 0 Å². The van der Waals surface area contributed by atoms with Crippen LogP contribution in [0.4, 0.5) is 0 Å². The lowest BCUT2D eigenvalue weighted by Gasteiger charge is -2.09. The number of ether oxygens (including phenoxy) is 2. The van der Waals surface area contributed by atoms with E-state index in [0.29, 0.717) is 17.2 Å². The second kappa shape index (κ2) is 8.48. The van der Waals surface area contributed by atoms with Gasteiger partial charge in [-0.3, -0.25) is 4.79 Å². The number of nitrogens with zero attached hydrogens (tertiary/aromatic N) is 1. The van der Waals surface area contributed by atoms with Crippen molar-refractivity contribution in [3.05, 3.63) is 95.1 Å². The lowest BCUT2D eigenvalue weighted by Crippen LogP contribution is -2.05. The molecule has 0 aliphatic carbocycles. The maximum absolute atomic E-state index is 10.8. The predicted octanol–water partition coefficient (Wildman–Crippen LogP) is 4.01. The van der Waals surface area contributed by atoms with Gasteiger partial charge >= 0.3 is 5.97 Å².